The van der Waals surface area contributed by atoms with E-state index in [2.05, 4.69) is 15.9 Å². The van der Waals surface area contributed by atoms with Crippen molar-refractivity contribution in [1.82, 2.24) is 0 Å². The van der Waals surface area contributed by atoms with Crippen molar-refractivity contribution in [3.63, 3.8) is 0 Å². The van der Waals surface area contributed by atoms with Crippen molar-refractivity contribution in [2.24, 2.45) is 0 Å². The molecule has 0 heterocycles. The maximum Gasteiger partial charge on any atom is 0.198 e. The predicted octanol–water partition coefficient (Wildman–Crippen LogP) is 5.95. The molecule has 0 aromatic carbocycles. The molecule has 18 heavy (non-hydrogen) atoms. The largest absolute Gasteiger partial charge is 0.291 e. The molecule has 0 aliphatic carbocycles. The highest BCUT2D eigenvalue weighted by molar-refractivity contribution is 9.09. The molecule has 0 N–H and O–H groups in total. The van der Waals surface area contributed by atoms with Gasteiger partial charge in [-0.3, -0.25) is 4.79 Å². The Balaban J connectivity index is 2.88. The van der Waals surface area contributed by atoms with Gasteiger partial charge in [-0.2, -0.15) is 0 Å². The molecule has 0 aromatic heterocycles. The number of halogens is 1. The van der Waals surface area contributed by atoms with Crippen LogP contribution in [0.2, 0.25) is 0 Å². The molecule has 0 bridgehead atoms. The van der Waals surface area contributed by atoms with E-state index in [0.29, 0.717) is 6.42 Å². The van der Waals surface area contributed by atoms with Gasteiger partial charge in [-0.15, -0.1) is 0 Å². The topological polar surface area (TPSA) is 17.1 Å². The van der Waals surface area contributed by atoms with Crippen molar-refractivity contribution < 1.29 is 4.79 Å². The zero-order valence-electron chi connectivity index (χ0n) is 11.9. The lowest BCUT2D eigenvalue weighted by Crippen LogP contribution is -1.83. The molecule has 107 valence electrons. The van der Waals surface area contributed by atoms with Crippen LogP contribution in [-0.4, -0.2) is 11.6 Å². The quantitative estimate of drug-likeness (QED) is 0.269. The third-order valence-corrected chi connectivity index (χ3v) is 3.97. The Kier molecular flexibility index (Phi) is 17.3. The highest BCUT2D eigenvalue weighted by Gasteiger charge is 1.93. The first kappa shape index (κ1) is 18.1. The van der Waals surface area contributed by atoms with E-state index in [1.54, 1.807) is 0 Å². The minimum Gasteiger partial charge on any atom is -0.291 e. The SMILES string of the molecule is O=[C]CCCCCCCCCCCCCCCBr. The van der Waals surface area contributed by atoms with Gasteiger partial charge in [0, 0.05) is 11.8 Å². The van der Waals surface area contributed by atoms with Crippen molar-refractivity contribution >= 4 is 22.2 Å². The van der Waals surface area contributed by atoms with Crippen molar-refractivity contribution in [1.29, 1.82) is 0 Å². The van der Waals surface area contributed by atoms with E-state index >= 15 is 0 Å². The van der Waals surface area contributed by atoms with Crippen LogP contribution >= 0.6 is 15.9 Å². The summed E-state index contributed by atoms with van der Waals surface area (Å²) in [7, 11) is 0. The maximum atomic E-state index is 10.00. The first-order chi connectivity index (χ1) is 8.91. The lowest BCUT2D eigenvalue weighted by Gasteiger charge is -2.02. The first-order valence-corrected chi connectivity index (χ1v) is 8.95. The van der Waals surface area contributed by atoms with E-state index in [0.717, 1.165) is 11.8 Å². The van der Waals surface area contributed by atoms with E-state index in [-0.39, 0.29) is 0 Å². The molecule has 1 radical (unpaired) electrons. The molecule has 0 saturated carbocycles. The minimum absolute atomic E-state index is 0.634. The van der Waals surface area contributed by atoms with E-state index in [4.69, 9.17) is 0 Å². The molecule has 0 aliphatic rings. The van der Waals surface area contributed by atoms with Gasteiger partial charge in [0.25, 0.3) is 0 Å². The summed E-state index contributed by atoms with van der Waals surface area (Å²) in [5.74, 6) is 0. The van der Waals surface area contributed by atoms with Gasteiger partial charge in [0.05, 0.1) is 0 Å². The van der Waals surface area contributed by atoms with Crippen LogP contribution in [0.15, 0.2) is 0 Å². The van der Waals surface area contributed by atoms with Gasteiger partial charge in [-0.1, -0.05) is 86.6 Å². The van der Waals surface area contributed by atoms with Crippen LogP contribution in [0.25, 0.3) is 0 Å². The van der Waals surface area contributed by atoms with Crippen LogP contribution in [0.5, 0.6) is 0 Å². The Morgan fingerprint density at radius 2 is 0.889 bits per heavy atom. The number of rotatable bonds is 15. The summed E-state index contributed by atoms with van der Waals surface area (Å²) < 4.78 is 0. The molecule has 0 aromatic rings. The molecule has 2 heteroatoms. The second-order valence-electron chi connectivity index (χ2n) is 5.18. The standard InChI is InChI=1S/C16H30BrO/c17-15-13-11-9-7-5-3-1-2-4-6-8-10-12-14-16-18/h1-15H2. The zero-order chi connectivity index (χ0) is 13.3. The van der Waals surface area contributed by atoms with Crippen molar-refractivity contribution in [2.45, 2.75) is 89.9 Å². The van der Waals surface area contributed by atoms with Gasteiger partial charge in [-0.05, 0) is 12.8 Å². The third-order valence-electron chi connectivity index (χ3n) is 3.41. The van der Waals surface area contributed by atoms with E-state index in [1.807, 2.05) is 6.29 Å². The van der Waals surface area contributed by atoms with Crippen LogP contribution in [0, 0.1) is 0 Å². The summed E-state index contributed by atoms with van der Waals surface area (Å²) in [4.78, 5) is 10.00. The highest BCUT2D eigenvalue weighted by atomic mass is 79.9. The molecule has 1 nitrogen and oxygen atoms in total. The molecule has 0 saturated heterocycles. The minimum atomic E-state index is 0.634. The summed E-state index contributed by atoms with van der Waals surface area (Å²) >= 11 is 3.47. The van der Waals surface area contributed by atoms with Crippen molar-refractivity contribution in [2.75, 3.05) is 5.33 Å². The average molecular weight is 318 g/mol. The van der Waals surface area contributed by atoms with E-state index < -0.39 is 0 Å². The molecule has 0 rings (SSSR count). The predicted molar refractivity (Wildman–Crippen MR) is 84.1 cm³/mol. The second kappa shape index (κ2) is 17.2. The van der Waals surface area contributed by atoms with Crippen LogP contribution in [0.4, 0.5) is 0 Å². The molecular weight excluding hydrogens is 288 g/mol. The molecule has 0 amide bonds. The number of carbonyl (C=O) groups excluding carboxylic acids is 1. The summed E-state index contributed by atoms with van der Waals surface area (Å²) in [6.07, 6.45) is 20.1. The molecule has 0 fully saturated rings. The number of alkyl halides is 1. The molecule has 0 spiro atoms. The smallest absolute Gasteiger partial charge is 0.198 e. The van der Waals surface area contributed by atoms with Gasteiger partial charge in [-0.25, -0.2) is 0 Å². The molecule has 0 unspecified atom stereocenters. The van der Waals surface area contributed by atoms with Gasteiger partial charge in [0.2, 0.25) is 0 Å². The van der Waals surface area contributed by atoms with E-state index in [1.165, 1.54) is 77.0 Å². The summed E-state index contributed by atoms with van der Waals surface area (Å²) in [6, 6.07) is 0. The fourth-order valence-corrected chi connectivity index (χ4v) is 2.63. The van der Waals surface area contributed by atoms with Gasteiger partial charge in [0.1, 0.15) is 0 Å². The molecule has 0 atom stereocenters. The van der Waals surface area contributed by atoms with Gasteiger partial charge >= 0.3 is 0 Å². The molecule has 0 aliphatic heterocycles. The average Bonchev–Trinajstić information content (AvgIpc) is 2.39. The van der Waals surface area contributed by atoms with Gasteiger partial charge in [0.15, 0.2) is 6.29 Å². The van der Waals surface area contributed by atoms with Crippen LogP contribution in [0.3, 0.4) is 0 Å². The fraction of sp³-hybridized carbons (Fsp3) is 0.938. The van der Waals surface area contributed by atoms with Gasteiger partial charge < -0.3 is 0 Å². The Morgan fingerprint density at radius 3 is 1.22 bits per heavy atom. The highest BCUT2D eigenvalue weighted by Crippen LogP contribution is 2.12. The Morgan fingerprint density at radius 1 is 0.556 bits per heavy atom. The van der Waals surface area contributed by atoms with Crippen LogP contribution < -0.4 is 0 Å². The lowest BCUT2D eigenvalue weighted by molar-refractivity contribution is 0.531. The fourth-order valence-electron chi connectivity index (χ4n) is 2.24. The molecular formula is C16H30BrO. The van der Waals surface area contributed by atoms with Crippen molar-refractivity contribution in [3.8, 4) is 0 Å². The second-order valence-corrected chi connectivity index (χ2v) is 5.97. The zero-order valence-corrected chi connectivity index (χ0v) is 13.5. The number of unbranched alkanes of at least 4 members (excludes halogenated alkanes) is 13. The summed E-state index contributed by atoms with van der Waals surface area (Å²) in [5, 5.41) is 1.16. The summed E-state index contributed by atoms with van der Waals surface area (Å²) in [5.41, 5.74) is 0. The van der Waals surface area contributed by atoms with Crippen LogP contribution in [0.1, 0.15) is 89.9 Å². The summed E-state index contributed by atoms with van der Waals surface area (Å²) in [6.45, 7) is 0. The Hall–Kier alpha value is 0.150. The van der Waals surface area contributed by atoms with E-state index in [9.17, 15) is 4.79 Å². The Bertz CT molecular complexity index is 159. The Labute approximate surface area is 122 Å². The normalized spacial score (nSPS) is 10.7. The van der Waals surface area contributed by atoms with Crippen LogP contribution in [-0.2, 0) is 4.79 Å². The first-order valence-electron chi connectivity index (χ1n) is 7.82. The monoisotopic (exact) mass is 317 g/mol. The maximum absolute atomic E-state index is 10.00. The lowest BCUT2D eigenvalue weighted by atomic mass is 10.0. The number of hydrogen-bond acceptors (Lipinski definition) is 1. The van der Waals surface area contributed by atoms with Crippen molar-refractivity contribution in [3.05, 3.63) is 0 Å². The third kappa shape index (κ3) is 16.1. The number of hydrogen-bond donors (Lipinski definition) is 0.